The Labute approximate surface area is 131 Å². The highest BCUT2D eigenvalue weighted by atomic mass is 16.7. The van der Waals surface area contributed by atoms with Crippen LogP contribution in [0.25, 0.3) is 0 Å². The largest absolute Gasteiger partial charge is 0.476 e. The van der Waals surface area contributed by atoms with Crippen LogP contribution in [-0.4, -0.2) is 22.8 Å². The molecule has 0 aromatic heterocycles. The van der Waals surface area contributed by atoms with Crippen LogP contribution in [-0.2, 0) is 25.7 Å². The molecule has 0 amide bonds. The van der Waals surface area contributed by atoms with Gasteiger partial charge in [0, 0.05) is 13.3 Å². The highest BCUT2D eigenvalue weighted by molar-refractivity contribution is 5.79. The lowest BCUT2D eigenvalue weighted by Crippen LogP contribution is -2.45. The van der Waals surface area contributed by atoms with Crippen LogP contribution < -0.4 is 0 Å². The van der Waals surface area contributed by atoms with Gasteiger partial charge in [-0.15, -0.1) is 0 Å². The Morgan fingerprint density at radius 1 is 1.14 bits per heavy atom. The zero-order chi connectivity index (χ0) is 16.4. The molecule has 0 bridgehead atoms. The first-order valence-corrected chi connectivity index (χ1v) is 7.61. The van der Waals surface area contributed by atoms with Gasteiger partial charge in [0.15, 0.2) is 0 Å². The zero-order valence-electron chi connectivity index (χ0n) is 13.2. The highest BCUT2D eigenvalue weighted by Gasteiger charge is 2.43. The number of aliphatic carboxylic acids is 1. The number of carbonyl (C=O) groups is 2. The molecule has 5 nitrogen and oxygen atoms in total. The molecule has 0 aliphatic rings. The number of benzene rings is 1. The Morgan fingerprint density at radius 2 is 1.82 bits per heavy atom. The Balaban J connectivity index is 2.77. The summed E-state index contributed by atoms with van der Waals surface area (Å²) < 4.78 is 10.6. The van der Waals surface area contributed by atoms with Crippen LogP contribution >= 0.6 is 0 Å². The van der Waals surface area contributed by atoms with E-state index in [0.29, 0.717) is 6.42 Å². The van der Waals surface area contributed by atoms with Gasteiger partial charge in [0.05, 0.1) is 6.61 Å². The third-order valence-corrected chi connectivity index (χ3v) is 3.31. The molecule has 122 valence electrons. The van der Waals surface area contributed by atoms with Crippen LogP contribution in [0.3, 0.4) is 0 Å². The smallest absolute Gasteiger partial charge is 0.377 e. The van der Waals surface area contributed by atoms with Crippen LogP contribution in [0.2, 0.25) is 0 Å². The molecule has 0 saturated heterocycles. The van der Waals surface area contributed by atoms with E-state index in [1.165, 1.54) is 6.92 Å². The van der Waals surface area contributed by atoms with Gasteiger partial charge in [0.2, 0.25) is 0 Å². The molecule has 22 heavy (non-hydrogen) atoms. The maximum absolute atomic E-state index is 11.6. The van der Waals surface area contributed by atoms with Gasteiger partial charge >= 0.3 is 17.7 Å². The number of hydrogen-bond donors (Lipinski definition) is 1. The predicted octanol–water partition coefficient (Wildman–Crippen LogP) is 3.52. The maximum atomic E-state index is 11.6. The second-order valence-electron chi connectivity index (χ2n) is 5.24. The summed E-state index contributed by atoms with van der Waals surface area (Å²) in [6, 6.07) is 9.21. The second kappa shape index (κ2) is 9.20. The molecular formula is C17H24O5. The summed E-state index contributed by atoms with van der Waals surface area (Å²) in [6.45, 7) is 3.34. The lowest BCUT2D eigenvalue weighted by Gasteiger charge is -2.28. The molecule has 1 aromatic rings. The number of carboxylic acid groups (broad SMARTS) is 1. The van der Waals surface area contributed by atoms with E-state index in [0.717, 1.165) is 24.8 Å². The first kappa shape index (κ1) is 18.2. The van der Waals surface area contributed by atoms with Gasteiger partial charge < -0.3 is 14.6 Å². The first-order valence-electron chi connectivity index (χ1n) is 7.61. The molecule has 1 aromatic carbocycles. The van der Waals surface area contributed by atoms with Gasteiger partial charge in [-0.25, -0.2) is 4.79 Å². The van der Waals surface area contributed by atoms with E-state index in [4.69, 9.17) is 9.47 Å². The molecule has 1 unspecified atom stereocenters. The van der Waals surface area contributed by atoms with Crippen LogP contribution in [0.15, 0.2) is 30.3 Å². The summed E-state index contributed by atoms with van der Waals surface area (Å²) >= 11 is 0. The first-order chi connectivity index (χ1) is 10.5. The molecule has 0 radical (unpaired) electrons. The fraction of sp³-hybridized carbons (Fsp3) is 0.529. The minimum absolute atomic E-state index is 0.0776. The Hall–Kier alpha value is -1.88. The zero-order valence-corrected chi connectivity index (χ0v) is 13.2. The lowest BCUT2D eigenvalue weighted by atomic mass is 10.1. The SMILES string of the molecule is CCCCCCC(OCc1ccccc1)(OC(C)=O)C(=O)O. The average Bonchev–Trinajstić information content (AvgIpc) is 2.49. The molecule has 1 N–H and O–H groups in total. The third-order valence-electron chi connectivity index (χ3n) is 3.31. The fourth-order valence-corrected chi connectivity index (χ4v) is 2.16. The quantitative estimate of drug-likeness (QED) is 0.407. The number of hydrogen-bond acceptors (Lipinski definition) is 4. The van der Waals surface area contributed by atoms with Crippen molar-refractivity contribution in [1.82, 2.24) is 0 Å². The number of carbonyl (C=O) groups excluding carboxylic acids is 1. The summed E-state index contributed by atoms with van der Waals surface area (Å²) in [5.74, 6) is -3.84. The van der Waals surface area contributed by atoms with E-state index in [1.54, 1.807) is 0 Å². The summed E-state index contributed by atoms with van der Waals surface area (Å²) in [4.78, 5) is 22.9. The number of unbranched alkanes of at least 4 members (excludes halogenated alkanes) is 3. The Morgan fingerprint density at radius 3 is 2.36 bits per heavy atom. The van der Waals surface area contributed by atoms with Crippen molar-refractivity contribution in [1.29, 1.82) is 0 Å². The van der Waals surface area contributed by atoms with Gasteiger partial charge in [0.25, 0.3) is 0 Å². The molecule has 0 aliphatic heterocycles. The number of rotatable bonds is 10. The minimum Gasteiger partial charge on any atom is -0.476 e. The van der Waals surface area contributed by atoms with Crippen molar-refractivity contribution in [2.45, 2.75) is 58.3 Å². The van der Waals surface area contributed by atoms with Gasteiger partial charge in [-0.3, -0.25) is 4.79 Å². The predicted molar refractivity (Wildman–Crippen MR) is 82.1 cm³/mol. The molecule has 0 aliphatic carbocycles. The van der Waals surface area contributed by atoms with Gasteiger partial charge in [0.1, 0.15) is 0 Å². The maximum Gasteiger partial charge on any atom is 0.377 e. The van der Waals surface area contributed by atoms with Crippen molar-refractivity contribution in [2.24, 2.45) is 0 Å². The van der Waals surface area contributed by atoms with Gasteiger partial charge in [-0.2, -0.15) is 0 Å². The fourth-order valence-electron chi connectivity index (χ4n) is 2.16. The van der Waals surface area contributed by atoms with Crippen molar-refractivity contribution in [2.75, 3.05) is 0 Å². The van der Waals surface area contributed by atoms with E-state index < -0.39 is 17.7 Å². The summed E-state index contributed by atoms with van der Waals surface area (Å²) in [5.41, 5.74) is 0.828. The van der Waals surface area contributed by atoms with E-state index in [-0.39, 0.29) is 13.0 Å². The highest BCUT2D eigenvalue weighted by Crippen LogP contribution is 2.24. The standard InChI is InChI=1S/C17H24O5/c1-3-4-5-9-12-17(16(19)20,22-14(2)18)21-13-15-10-7-6-8-11-15/h6-8,10-11H,3-5,9,12-13H2,1-2H3,(H,19,20). The van der Waals surface area contributed by atoms with Crippen LogP contribution in [0.4, 0.5) is 0 Å². The van der Waals surface area contributed by atoms with Crippen LogP contribution in [0.1, 0.15) is 51.5 Å². The Bertz CT molecular complexity index is 471. The minimum atomic E-state index is -1.91. The molecule has 0 saturated carbocycles. The summed E-state index contributed by atoms with van der Waals surface area (Å²) in [5, 5.41) is 9.50. The normalized spacial score (nSPS) is 13.4. The van der Waals surface area contributed by atoms with Gasteiger partial charge in [-0.1, -0.05) is 56.5 Å². The van der Waals surface area contributed by atoms with Crippen molar-refractivity contribution < 1.29 is 24.2 Å². The van der Waals surface area contributed by atoms with Crippen molar-refractivity contribution in [3.63, 3.8) is 0 Å². The molecular weight excluding hydrogens is 284 g/mol. The van der Waals surface area contributed by atoms with Gasteiger partial charge in [-0.05, 0) is 12.0 Å². The molecule has 1 atom stereocenters. The number of carboxylic acids is 1. The second-order valence-corrected chi connectivity index (χ2v) is 5.24. The van der Waals surface area contributed by atoms with E-state index in [9.17, 15) is 14.7 Å². The van der Waals surface area contributed by atoms with Crippen LogP contribution in [0, 0.1) is 0 Å². The number of ether oxygens (including phenoxy) is 2. The molecule has 0 fully saturated rings. The topological polar surface area (TPSA) is 72.8 Å². The van der Waals surface area contributed by atoms with Crippen molar-refractivity contribution >= 4 is 11.9 Å². The summed E-state index contributed by atoms with van der Waals surface area (Å²) in [7, 11) is 0. The number of esters is 1. The van der Waals surface area contributed by atoms with Crippen molar-refractivity contribution in [3.05, 3.63) is 35.9 Å². The van der Waals surface area contributed by atoms with Crippen molar-refractivity contribution in [3.8, 4) is 0 Å². The van der Waals surface area contributed by atoms with E-state index in [1.807, 2.05) is 30.3 Å². The monoisotopic (exact) mass is 308 g/mol. The third kappa shape index (κ3) is 5.85. The molecule has 5 heteroatoms. The Kier molecular flexibility index (Phi) is 7.60. The molecule has 0 heterocycles. The average molecular weight is 308 g/mol. The van der Waals surface area contributed by atoms with Crippen LogP contribution in [0.5, 0.6) is 0 Å². The molecule has 0 spiro atoms. The van der Waals surface area contributed by atoms with E-state index in [2.05, 4.69) is 6.92 Å². The molecule has 1 rings (SSSR count). The lowest BCUT2D eigenvalue weighted by molar-refractivity contribution is -0.245. The van der Waals surface area contributed by atoms with E-state index >= 15 is 0 Å². The summed E-state index contributed by atoms with van der Waals surface area (Å²) in [6.07, 6.45) is 3.70.